The average molecular weight is 538 g/mol. The molecular weight excluding hydrogens is 506 g/mol. The number of amides is 1. The van der Waals surface area contributed by atoms with Gasteiger partial charge in [0.05, 0.1) is 25.2 Å². The number of nitrogens with one attached hydrogen (secondary N) is 2. The fourth-order valence-electron chi connectivity index (χ4n) is 4.82. The highest BCUT2D eigenvalue weighted by molar-refractivity contribution is 5.96. The van der Waals surface area contributed by atoms with Gasteiger partial charge in [0.25, 0.3) is 11.5 Å². The average Bonchev–Trinajstić information content (AvgIpc) is 2.97. The minimum atomic E-state index is -0.406. The number of pyridine rings is 2. The Morgan fingerprint density at radius 3 is 2.45 bits per heavy atom. The SMILES string of the molecule is COc1ccc(CCn2c(=N)c(C(=O)NCCc3ccccc3)cc3c(=O)n4cccc(C)c4nc32)cc1OC. The number of hydrogen-bond donors (Lipinski definition) is 2. The summed E-state index contributed by atoms with van der Waals surface area (Å²) < 4.78 is 13.9. The molecule has 0 saturated carbocycles. The number of benzene rings is 2. The monoisotopic (exact) mass is 537 g/mol. The Kier molecular flexibility index (Phi) is 7.63. The summed E-state index contributed by atoms with van der Waals surface area (Å²) in [6.45, 7) is 2.61. The molecule has 0 unspecified atom stereocenters. The maximum Gasteiger partial charge on any atom is 0.267 e. The van der Waals surface area contributed by atoms with Crippen LogP contribution in [0.15, 0.2) is 77.7 Å². The summed E-state index contributed by atoms with van der Waals surface area (Å²) in [5, 5.41) is 12.2. The number of carbonyl (C=O) groups excluding carboxylic acids is 1. The molecule has 0 aliphatic carbocycles. The Balaban J connectivity index is 1.56. The fraction of sp³-hybridized carbons (Fsp3) is 0.226. The van der Waals surface area contributed by atoms with E-state index >= 15 is 0 Å². The van der Waals surface area contributed by atoms with E-state index in [1.165, 1.54) is 10.5 Å². The number of nitrogens with zero attached hydrogens (tertiary/aromatic N) is 3. The van der Waals surface area contributed by atoms with Crippen molar-refractivity contribution in [3.63, 3.8) is 0 Å². The van der Waals surface area contributed by atoms with Crippen molar-refractivity contribution in [1.82, 2.24) is 19.3 Å². The number of methoxy groups -OCH3 is 2. The van der Waals surface area contributed by atoms with Crippen molar-refractivity contribution in [3.8, 4) is 11.5 Å². The molecule has 5 rings (SSSR count). The highest BCUT2D eigenvalue weighted by Crippen LogP contribution is 2.28. The summed E-state index contributed by atoms with van der Waals surface area (Å²) in [4.78, 5) is 31.7. The molecule has 0 fully saturated rings. The van der Waals surface area contributed by atoms with Gasteiger partial charge in [-0.05, 0) is 60.7 Å². The van der Waals surface area contributed by atoms with E-state index in [2.05, 4.69) is 5.32 Å². The van der Waals surface area contributed by atoms with Crippen LogP contribution in [0.4, 0.5) is 0 Å². The van der Waals surface area contributed by atoms with E-state index in [-0.39, 0.29) is 22.0 Å². The number of aromatic nitrogens is 3. The quantitative estimate of drug-likeness (QED) is 0.279. The van der Waals surface area contributed by atoms with Crippen LogP contribution in [0.25, 0.3) is 16.7 Å². The molecule has 0 saturated heterocycles. The van der Waals surface area contributed by atoms with Crippen LogP contribution >= 0.6 is 0 Å². The molecule has 9 heteroatoms. The molecule has 1 amide bonds. The van der Waals surface area contributed by atoms with Crippen LogP contribution < -0.4 is 25.8 Å². The topological polar surface area (TPSA) is 111 Å². The van der Waals surface area contributed by atoms with Crippen LogP contribution in [0.2, 0.25) is 0 Å². The smallest absolute Gasteiger partial charge is 0.267 e. The van der Waals surface area contributed by atoms with Gasteiger partial charge in [0, 0.05) is 19.3 Å². The third-order valence-electron chi connectivity index (χ3n) is 6.99. The van der Waals surface area contributed by atoms with Gasteiger partial charge in [-0.1, -0.05) is 42.5 Å². The van der Waals surface area contributed by atoms with E-state index in [4.69, 9.17) is 19.9 Å². The van der Waals surface area contributed by atoms with Crippen LogP contribution in [0.3, 0.4) is 0 Å². The normalized spacial score (nSPS) is 11.1. The Hall–Kier alpha value is -4.92. The summed E-state index contributed by atoms with van der Waals surface area (Å²) in [6, 6.07) is 20.7. The molecule has 204 valence electrons. The van der Waals surface area contributed by atoms with E-state index in [1.54, 1.807) is 31.0 Å². The summed E-state index contributed by atoms with van der Waals surface area (Å²) in [5.41, 5.74) is 3.59. The minimum absolute atomic E-state index is 0.00461. The number of aryl methyl sites for hydroxylation is 3. The maximum absolute atomic E-state index is 13.6. The van der Waals surface area contributed by atoms with Gasteiger partial charge in [0.15, 0.2) is 11.5 Å². The molecule has 0 aliphatic rings. The fourth-order valence-corrected chi connectivity index (χ4v) is 4.82. The van der Waals surface area contributed by atoms with Crippen molar-refractivity contribution in [3.05, 3.63) is 111 Å². The van der Waals surface area contributed by atoms with Gasteiger partial charge in [-0.3, -0.25) is 19.4 Å². The van der Waals surface area contributed by atoms with E-state index < -0.39 is 5.91 Å². The first-order valence-corrected chi connectivity index (χ1v) is 13.0. The maximum atomic E-state index is 13.6. The molecule has 0 bridgehead atoms. The lowest BCUT2D eigenvalue weighted by molar-refractivity contribution is 0.0951. The van der Waals surface area contributed by atoms with Gasteiger partial charge >= 0.3 is 0 Å². The molecule has 0 aliphatic heterocycles. The van der Waals surface area contributed by atoms with Crippen molar-refractivity contribution in [2.45, 2.75) is 26.3 Å². The van der Waals surface area contributed by atoms with E-state index in [9.17, 15) is 9.59 Å². The van der Waals surface area contributed by atoms with Gasteiger partial charge in [-0.25, -0.2) is 4.98 Å². The molecule has 3 aromatic heterocycles. The highest BCUT2D eigenvalue weighted by atomic mass is 16.5. The van der Waals surface area contributed by atoms with E-state index in [1.807, 2.05) is 61.5 Å². The van der Waals surface area contributed by atoms with Gasteiger partial charge < -0.3 is 19.4 Å². The highest BCUT2D eigenvalue weighted by Gasteiger charge is 2.18. The number of carbonyl (C=O) groups is 1. The Labute approximate surface area is 231 Å². The number of rotatable bonds is 9. The van der Waals surface area contributed by atoms with Crippen LogP contribution in [0.5, 0.6) is 11.5 Å². The Morgan fingerprint density at radius 2 is 1.70 bits per heavy atom. The largest absolute Gasteiger partial charge is 0.493 e. The molecular formula is C31H31N5O4. The predicted octanol–water partition coefficient (Wildman–Crippen LogP) is 3.67. The van der Waals surface area contributed by atoms with Crippen molar-refractivity contribution in [2.24, 2.45) is 0 Å². The second-order valence-electron chi connectivity index (χ2n) is 9.53. The third-order valence-corrected chi connectivity index (χ3v) is 6.99. The van der Waals surface area contributed by atoms with Crippen LogP contribution in [-0.2, 0) is 19.4 Å². The lowest BCUT2D eigenvalue weighted by Crippen LogP contribution is -2.36. The molecule has 3 heterocycles. The Morgan fingerprint density at radius 1 is 0.925 bits per heavy atom. The van der Waals surface area contributed by atoms with Crippen LogP contribution in [0, 0.1) is 12.3 Å². The minimum Gasteiger partial charge on any atom is -0.493 e. The summed E-state index contributed by atoms with van der Waals surface area (Å²) >= 11 is 0. The first-order chi connectivity index (χ1) is 19.4. The zero-order valence-electron chi connectivity index (χ0n) is 22.7. The van der Waals surface area contributed by atoms with E-state index in [0.717, 1.165) is 16.7 Å². The second-order valence-corrected chi connectivity index (χ2v) is 9.53. The third kappa shape index (κ3) is 5.18. The van der Waals surface area contributed by atoms with Crippen molar-refractivity contribution in [2.75, 3.05) is 20.8 Å². The molecule has 40 heavy (non-hydrogen) atoms. The zero-order valence-corrected chi connectivity index (χ0v) is 22.7. The number of ether oxygens (including phenoxy) is 2. The first-order valence-electron chi connectivity index (χ1n) is 13.0. The zero-order chi connectivity index (χ0) is 28.2. The summed E-state index contributed by atoms with van der Waals surface area (Å²) in [5.74, 6) is 0.818. The number of hydrogen-bond acceptors (Lipinski definition) is 6. The van der Waals surface area contributed by atoms with Gasteiger partial charge in [-0.15, -0.1) is 0 Å². The molecule has 0 radical (unpaired) electrons. The lowest BCUT2D eigenvalue weighted by atomic mass is 10.1. The van der Waals surface area contributed by atoms with Gasteiger partial charge in [0.2, 0.25) is 0 Å². The second kappa shape index (κ2) is 11.4. The van der Waals surface area contributed by atoms with E-state index in [0.29, 0.717) is 48.7 Å². The Bertz CT molecular complexity index is 1830. The van der Waals surface area contributed by atoms with Crippen molar-refractivity contribution in [1.29, 1.82) is 5.41 Å². The molecule has 0 spiro atoms. The lowest BCUT2D eigenvalue weighted by Gasteiger charge is -2.16. The molecule has 2 aromatic carbocycles. The summed E-state index contributed by atoms with van der Waals surface area (Å²) in [6.07, 6.45) is 2.83. The summed E-state index contributed by atoms with van der Waals surface area (Å²) in [7, 11) is 3.16. The number of fused-ring (bicyclic) bond motifs is 2. The van der Waals surface area contributed by atoms with Gasteiger partial charge in [0.1, 0.15) is 16.8 Å². The molecule has 5 aromatic rings. The first kappa shape index (κ1) is 26.7. The van der Waals surface area contributed by atoms with Crippen molar-refractivity contribution < 1.29 is 14.3 Å². The molecule has 0 atom stereocenters. The predicted molar refractivity (Wildman–Crippen MR) is 153 cm³/mol. The molecule has 9 nitrogen and oxygen atoms in total. The van der Waals surface area contributed by atoms with Crippen molar-refractivity contribution >= 4 is 22.6 Å². The standard InChI is InChI=1S/C31H31N5O4/c1-20-8-7-16-36-28(20)34-29-24(31(36)38)19-23(30(37)33-15-13-21-9-5-4-6-10-21)27(32)35(29)17-14-22-11-12-25(39-2)26(18-22)40-3/h4-12,16,18-19,32H,13-15,17H2,1-3H3,(H,33,37). The van der Waals surface area contributed by atoms with Crippen LogP contribution in [-0.4, -0.2) is 40.6 Å². The van der Waals surface area contributed by atoms with Gasteiger partial charge in [-0.2, -0.15) is 0 Å². The van der Waals surface area contributed by atoms with Crippen LogP contribution in [0.1, 0.15) is 27.0 Å². The molecule has 2 N–H and O–H groups in total.